The molecule has 0 bridgehead atoms. The van der Waals surface area contributed by atoms with Crippen LogP contribution < -0.4 is 4.74 Å². The fourth-order valence-corrected chi connectivity index (χ4v) is 3.54. The maximum atomic E-state index is 12.4. The van der Waals surface area contributed by atoms with Gasteiger partial charge in [-0.15, -0.1) is 6.58 Å². The van der Waals surface area contributed by atoms with E-state index >= 15 is 0 Å². The summed E-state index contributed by atoms with van der Waals surface area (Å²) in [5.41, 5.74) is 4.39. The molecule has 0 amide bonds. The summed E-state index contributed by atoms with van der Waals surface area (Å²) in [6, 6.07) is 6.26. The number of allylic oxidation sites excluding steroid dienone is 4. The number of aryl methyl sites for hydroxylation is 1. The number of aliphatic hydroxyl groups is 1. The largest absolute Gasteiger partial charge is 0.498 e. The number of alkyl halides is 1. The first kappa shape index (κ1) is 24.9. The molecule has 1 aliphatic carbocycles. The average molecular weight is 429 g/mol. The second-order valence-electron chi connectivity index (χ2n) is 7.91. The summed E-state index contributed by atoms with van der Waals surface area (Å²) in [7, 11) is 0. The van der Waals surface area contributed by atoms with Gasteiger partial charge in [-0.05, 0) is 72.6 Å². The average Bonchev–Trinajstić information content (AvgIpc) is 2.79. The van der Waals surface area contributed by atoms with Crippen LogP contribution in [0.4, 0.5) is 4.39 Å². The molecule has 0 unspecified atom stereocenters. The van der Waals surface area contributed by atoms with E-state index in [-0.39, 0.29) is 13.3 Å². The Bertz CT molecular complexity index is 764. The lowest BCUT2D eigenvalue weighted by atomic mass is 9.92. The highest BCUT2D eigenvalue weighted by atomic mass is 19.1. The zero-order valence-electron chi connectivity index (χ0n) is 18.7. The fraction of sp³-hybridized carbons (Fsp3) is 0.481. The smallest absolute Gasteiger partial charge is 0.119 e. The van der Waals surface area contributed by atoms with Gasteiger partial charge in [0.05, 0.1) is 32.3 Å². The molecule has 0 spiro atoms. The lowest BCUT2D eigenvalue weighted by Gasteiger charge is -2.19. The minimum Gasteiger partial charge on any atom is -0.498 e. The van der Waals surface area contributed by atoms with Crippen LogP contribution in [0.5, 0.6) is 5.75 Å². The van der Waals surface area contributed by atoms with E-state index in [4.69, 9.17) is 14.6 Å². The van der Waals surface area contributed by atoms with Gasteiger partial charge in [0.25, 0.3) is 0 Å². The van der Waals surface area contributed by atoms with Crippen molar-refractivity contribution in [2.75, 3.05) is 26.5 Å². The van der Waals surface area contributed by atoms with Crippen molar-refractivity contribution in [2.24, 2.45) is 0 Å². The Hall–Kier alpha value is -2.33. The van der Waals surface area contributed by atoms with Crippen LogP contribution in [-0.2, 0) is 11.2 Å². The monoisotopic (exact) mass is 428 g/mol. The molecule has 170 valence electrons. The van der Waals surface area contributed by atoms with E-state index in [1.54, 1.807) is 0 Å². The van der Waals surface area contributed by atoms with Gasteiger partial charge in [-0.2, -0.15) is 0 Å². The molecule has 0 saturated heterocycles. The van der Waals surface area contributed by atoms with Crippen molar-refractivity contribution < 1.29 is 19.0 Å². The van der Waals surface area contributed by atoms with E-state index in [2.05, 4.69) is 37.4 Å². The van der Waals surface area contributed by atoms with Crippen LogP contribution in [-0.4, -0.2) is 31.6 Å². The lowest BCUT2D eigenvalue weighted by molar-refractivity contribution is 0.207. The van der Waals surface area contributed by atoms with E-state index in [0.29, 0.717) is 26.1 Å². The summed E-state index contributed by atoms with van der Waals surface area (Å²) < 4.78 is 24.2. The number of aliphatic hydroxyl groups excluding tert-OH is 1. The van der Waals surface area contributed by atoms with Crippen molar-refractivity contribution in [1.82, 2.24) is 0 Å². The molecule has 3 nitrogen and oxygen atoms in total. The van der Waals surface area contributed by atoms with Crippen LogP contribution in [0.15, 0.2) is 60.9 Å². The molecule has 4 heteroatoms. The summed E-state index contributed by atoms with van der Waals surface area (Å²) in [6.45, 7) is 8.47. The van der Waals surface area contributed by atoms with Crippen molar-refractivity contribution in [2.45, 2.75) is 57.8 Å². The van der Waals surface area contributed by atoms with E-state index < -0.39 is 0 Å². The van der Waals surface area contributed by atoms with Crippen LogP contribution in [0.3, 0.4) is 0 Å². The molecule has 0 heterocycles. The highest BCUT2D eigenvalue weighted by Gasteiger charge is 2.13. The third kappa shape index (κ3) is 9.14. The molecular weight excluding hydrogens is 391 g/mol. The van der Waals surface area contributed by atoms with E-state index in [1.165, 1.54) is 16.7 Å². The van der Waals surface area contributed by atoms with Crippen LogP contribution in [0, 0.1) is 0 Å². The zero-order chi connectivity index (χ0) is 22.3. The first-order valence-electron chi connectivity index (χ1n) is 11.4. The fourth-order valence-electron chi connectivity index (χ4n) is 3.54. The molecule has 0 aliphatic heterocycles. The van der Waals surface area contributed by atoms with E-state index in [0.717, 1.165) is 62.0 Å². The zero-order valence-corrected chi connectivity index (χ0v) is 18.7. The number of rotatable bonds is 16. The molecule has 0 fully saturated rings. The van der Waals surface area contributed by atoms with Crippen molar-refractivity contribution in [3.63, 3.8) is 0 Å². The van der Waals surface area contributed by atoms with Crippen molar-refractivity contribution in [1.29, 1.82) is 0 Å². The van der Waals surface area contributed by atoms with Crippen LogP contribution in [0.2, 0.25) is 0 Å². The Labute approximate surface area is 187 Å². The van der Waals surface area contributed by atoms with Gasteiger partial charge in [0, 0.05) is 12.8 Å². The molecule has 0 aromatic heterocycles. The summed E-state index contributed by atoms with van der Waals surface area (Å²) in [6.07, 6.45) is 14.2. The van der Waals surface area contributed by atoms with E-state index in [9.17, 15) is 4.39 Å². The number of hydrogen-bond donors (Lipinski definition) is 1. The Morgan fingerprint density at radius 1 is 1.13 bits per heavy atom. The second-order valence-corrected chi connectivity index (χ2v) is 7.91. The first-order valence-corrected chi connectivity index (χ1v) is 11.4. The van der Waals surface area contributed by atoms with Gasteiger partial charge in [0.15, 0.2) is 0 Å². The predicted octanol–water partition coefficient (Wildman–Crippen LogP) is 6.73. The molecule has 1 N–H and O–H groups in total. The molecule has 2 rings (SSSR count). The molecule has 1 aromatic rings. The molecule has 0 saturated carbocycles. The number of ether oxygens (including phenoxy) is 2. The maximum Gasteiger partial charge on any atom is 0.119 e. The van der Waals surface area contributed by atoms with Crippen molar-refractivity contribution >= 4 is 5.57 Å². The number of halogens is 1. The molecule has 31 heavy (non-hydrogen) atoms. The van der Waals surface area contributed by atoms with Crippen LogP contribution in [0.25, 0.3) is 5.57 Å². The quantitative estimate of drug-likeness (QED) is 0.234. The van der Waals surface area contributed by atoms with Crippen LogP contribution >= 0.6 is 0 Å². The Morgan fingerprint density at radius 2 is 1.97 bits per heavy atom. The van der Waals surface area contributed by atoms with Gasteiger partial charge < -0.3 is 14.6 Å². The highest BCUT2D eigenvalue weighted by molar-refractivity contribution is 5.78. The molecule has 1 aromatic carbocycles. The molecule has 0 atom stereocenters. The summed E-state index contributed by atoms with van der Waals surface area (Å²) >= 11 is 0. The second kappa shape index (κ2) is 14.6. The van der Waals surface area contributed by atoms with Gasteiger partial charge in [-0.25, -0.2) is 0 Å². The Morgan fingerprint density at radius 3 is 2.74 bits per heavy atom. The van der Waals surface area contributed by atoms with Gasteiger partial charge in [0.1, 0.15) is 5.75 Å². The minimum atomic E-state index is -0.230. The van der Waals surface area contributed by atoms with Gasteiger partial charge in [0.2, 0.25) is 0 Å². The van der Waals surface area contributed by atoms with Gasteiger partial charge in [-0.1, -0.05) is 37.6 Å². The van der Waals surface area contributed by atoms with Crippen molar-refractivity contribution in [3.05, 3.63) is 72.0 Å². The maximum absolute atomic E-state index is 12.4. The van der Waals surface area contributed by atoms with Gasteiger partial charge in [-0.3, -0.25) is 4.39 Å². The number of hydrogen-bond acceptors (Lipinski definition) is 3. The molecule has 1 aliphatic rings. The van der Waals surface area contributed by atoms with E-state index in [1.807, 2.05) is 12.1 Å². The third-order valence-electron chi connectivity index (χ3n) is 5.35. The Balaban J connectivity index is 2.14. The predicted molar refractivity (Wildman–Crippen MR) is 127 cm³/mol. The highest BCUT2D eigenvalue weighted by Crippen LogP contribution is 2.32. The van der Waals surface area contributed by atoms with Gasteiger partial charge >= 0.3 is 0 Å². The summed E-state index contributed by atoms with van der Waals surface area (Å²) in [4.78, 5) is 0. The normalized spacial score (nSPS) is 13.4. The summed E-state index contributed by atoms with van der Waals surface area (Å²) in [5.74, 6) is 1.83. The lowest BCUT2D eigenvalue weighted by Crippen LogP contribution is -2.04. The SMILES string of the molecule is C=CCCOC1=CC(c2cc(OCCC(=C)CO)ccc2CCCCCCF)=CCC1. The first-order chi connectivity index (χ1) is 15.2. The number of unbranched alkanes of at least 4 members (excludes halogenated alkanes) is 3. The topological polar surface area (TPSA) is 38.7 Å². The molecular formula is C27H37FO3. The van der Waals surface area contributed by atoms with Crippen molar-refractivity contribution in [3.8, 4) is 5.75 Å². The molecule has 0 radical (unpaired) electrons. The summed E-state index contributed by atoms with van der Waals surface area (Å²) in [5, 5.41) is 9.11. The minimum absolute atomic E-state index is 0.0116. The number of benzene rings is 1. The standard InChI is InChI=1S/C27H37FO3/c1-3-4-17-30-25-12-9-11-24(19-25)27-20-26(31-18-15-22(2)21-29)14-13-23(27)10-7-5-6-8-16-28/h3,11,13-14,19-20,29H,1-2,4-10,12,15-18,21H2. The third-order valence-corrected chi connectivity index (χ3v) is 5.35. The van der Waals surface area contributed by atoms with Crippen LogP contribution in [0.1, 0.15) is 62.5 Å². The Kier molecular flexibility index (Phi) is 11.8.